The van der Waals surface area contributed by atoms with Crippen molar-refractivity contribution in [1.82, 2.24) is 4.98 Å². The van der Waals surface area contributed by atoms with Gasteiger partial charge in [-0.15, -0.1) is 11.3 Å². The minimum absolute atomic E-state index is 0.115. The topological polar surface area (TPSA) is 53.4 Å². The number of aryl methyl sites for hydroxylation is 1. The number of aromatic nitrogens is 1. The molecule has 0 radical (unpaired) electrons. The molecule has 1 heterocycles. The molecule has 3 aromatic rings. The molecular weight excluding hydrogens is 246 g/mol. The molecule has 0 aliphatic rings. The van der Waals surface area contributed by atoms with Crippen LogP contribution in [-0.4, -0.2) is 15.2 Å². The Hall–Kier alpha value is -2.07. The van der Waals surface area contributed by atoms with Gasteiger partial charge in [0.1, 0.15) is 5.01 Å². The van der Waals surface area contributed by atoms with Crippen LogP contribution in [0.4, 0.5) is 0 Å². The van der Waals surface area contributed by atoms with E-state index in [1.54, 1.807) is 17.4 Å². The van der Waals surface area contributed by atoms with E-state index < -0.39 is 0 Å². The molecule has 2 N–H and O–H groups in total. The van der Waals surface area contributed by atoms with Crippen molar-refractivity contribution in [2.75, 3.05) is 0 Å². The molecule has 2 aromatic carbocycles. The zero-order valence-corrected chi connectivity index (χ0v) is 10.5. The first kappa shape index (κ1) is 11.0. The van der Waals surface area contributed by atoms with Crippen LogP contribution in [0.1, 0.15) is 5.56 Å². The van der Waals surface area contributed by atoms with E-state index in [9.17, 15) is 10.2 Å². The number of phenolic OH excluding ortho intramolecular Hbond substituents is 2. The van der Waals surface area contributed by atoms with E-state index in [0.29, 0.717) is 0 Å². The largest absolute Gasteiger partial charge is 0.504 e. The van der Waals surface area contributed by atoms with Crippen LogP contribution in [0.5, 0.6) is 11.5 Å². The van der Waals surface area contributed by atoms with Crippen molar-refractivity contribution in [3.8, 4) is 22.1 Å². The lowest BCUT2D eigenvalue weighted by molar-refractivity contribution is 0.404. The molecule has 0 saturated heterocycles. The second-order valence-electron chi connectivity index (χ2n) is 4.19. The Morgan fingerprint density at radius 3 is 2.61 bits per heavy atom. The Labute approximate surface area is 108 Å². The fourth-order valence-electron chi connectivity index (χ4n) is 1.81. The van der Waals surface area contributed by atoms with E-state index >= 15 is 0 Å². The van der Waals surface area contributed by atoms with Crippen LogP contribution in [0.25, 0.3) is 20.8 Å². The van der Waals surface area contributed by atoms with E-state index in [-0.39, 0.29) is 11.5 Å². The lowest BCUT2D eigenvalue weighted by Crippen LogP contribution is -1.76. The molecular formula is C14H11NO2S. The molecule has 0 spiro atoms. The number of aromatic hydroxyl groups is 2. The normalized spacial score (nSPS) is 10.9. The van der Waals surface area contributed by atoms with Crippen molar-refractivity contribution < 1.29 is 10.2 Å². The van der Waals surface area contributed by atoms with Crippen molar-refractivity contribution in [3.63, 3.8) is 0 Å². The van der Waals surface area contributed by atoms with Crippen LogP contribution in [0.2, 0.25) is 0 Å². The lowest BCUT2D eigenvalue weighted by Gasteiger charge is -1.99. The maximum Gasteiger partial charge on any atom is 0.158 e. The van der Waals surface area contributed by atoms with Crippen molar-refractivity contribution in [3.05, 3.63) is 42.0 Å². The maximum atomic E-state index is 9.51. The van der Waals surface area contributed by atoms with Gasteiger partial charge >= 0.3 is 0 Å². The second kappa shape index (κ2) is 3.99. The monoisotopic (exact) mass is 257 g/mol. The van der Waals surface area contributed by atoms with Gasteiger partial charge in [0.2, 0.25) is 0 Å². The van der Waals surface area contributed by atoms with Crippen LogP contribution in [0.3, 0.4) is 0 Å². The Morgan fingerprint density at radius 1 is 1.00 bits per heavy atom. The zero-order chi connectivity index (χ0) is 12.7. The molecule has 0 bridgehead atoms. The Balaban J connectivity index is 2.16. The predicted molar refractivity (Wildman–Crippen MR) is 73.1 cm³/mol. The Bertz CT molecular complexity index is 734. The maximum absolute atomic E-state index is 9.51. The molecule has 1 aromatic heterocycles. The van der Waals surface area contributed by atoms with Crippen molar-refractivity contribution in [1.29, 1.82) is 0 Å². The molecule has 0 fully saturated rings. The number of thiazole rings is 1. The number of benzene rings is 2. The van der Waals surface area contributed by atoms with Crippen molar-refractivity contribution in [2.45, 2.75) is 6.92 Å². The van der Waals surface area contributed by atoms with E-state index in [0.717, 1.165) is 20.8 Å². The molecule has 3 rings (SSSR count). The highest BCUT2D eigenvalue weighted by Crippen LogP contribution is 2.34. The summed E-state index contributed by atoms with van der Waals surface area (Å²) in [6, 6.07) is 10.9. The summed E-state index contributed by atoms with van der Waals surface area (Å²) in [7, 11) is 0. The average molecular weight is 257 g/mol. The Kier molecular flexibility index (Phi) is 2.45. The predicted octanol–water partition coefficient (Wildman–Crippen LogP) is 3.68. The van der Waals surface area contributed by atoms with Gasteiger partial charge in [-0.25, -0.2) is 4.98 Å². The number of phenols is 2. The zero-order valence-electron chi connectivity index (χ0n) is 9.71. The van der Waals surface area contributed by atoms with Crippen LogP contribution in [0, 0.1) is 6.92 Å². The van der Waals surface area contributed by atoms with Crippen LogP contribution in [0.15, 0.2) is 36.4 Å². The fraction of sp³-hybridized carbons (Fsp3) is 0.0714. The molecule has 0 aliphatic heterocycles. The SMILES string of the molecule is Cc1ccc2nc(-c3ccc(O)c(O)c3)sc2c1. The molecule has 0 amide bonds. The molecule has 0 atom stereocenters. The highest BCUT2D eigenvalue weighted by molar-refractivity contribution is 7.21. The molecule has 4 heteroatoms. The van der Waals surface area contributed by atoms with E-state index in [1.807, 2.05) is 19.1 Å². The van der Waals surface area contributed by atoms with Gasteiger partial charge in [0.05, 0.1) is 10.2 Å². The summed E-state index contributed by atoms with van der Waals surface area (Å²) in [5, 5.41) is 19.6. The lowest BCUT2D eigenvalue weighted by atomic mass is 10.2. The van der Waals surface area contributed by atoms with Gasteiger partial charge in [-0.3, -0.25) is 0 Å². The van der Waals surface area contributed by atoms with E-state index in [4.69, 9.17) is 0 Å². The van der Waals surface area contributed by atoms with Crippen molar-refractivity contribution >= 4 is 21.6 Å². The van der Waals surface area contributed by atoms with E-state index in [1.165, 1.54) is 17.7 Å². The third-order valence-electron chi connectivity index (χ3n) is 2.77. The van der Waals surface area contributed by atoms with Crippen LogP contribution >= 0.6 is 11.3 Å². The summed E-state index contributed by atoms with van der Waals surface area (Å²) in [5.74, 6) is -0.237. The highest BCUT2D eigenvalue weighted by Gasteiger charge is 2.08. The first-order chi connectivity index (χ1) is 8.63. The van der Waals surface area contributed by atoms with E-state index in [2.05, 4.69) is 11.1 Å². The van der Waals surface area contributed by atoms with Gasteiger partial charge in [0, 0.05) is 5.56 Å². The van der Waals surface area contributed by atoms with Gasteiger partial charge in [-0.05, 0) is 42.8 Å². The highest BCUT2D eigenvalue weighted by atomic mass is 32.1. The molecule has 90 valence electrons. The molecule has 3 nitrogen and oxygen atoms in total. The summed E-state index contributed by atoms with van der Waals surface area (Å²) < 4.78 is 1.12. The van der Waals surface area contributed by atoms with Crippen LogP contribution in [-0.2, 0) is 0 Å². The summed E-state index contributed by atoms with van der Waals surface area (Å²) in [6.45, 7) is 2.05. The van der Waals surface area contributed by atoms with Gasteiger partial charge in [0.15, 0.2) is 11.5 Å². The van der Waals surface area contributed by atoms with Gasteiger partial charge < -0.3 is 10.2 Å². The first-order valence-electron chi connectivity index (χ1n) is 5.53. The minimum atomic E-state index is -0.122. The van der Waals surface area contributed by atoms with Gasteiger partial charge in [0.25, 0.3) is 0 Å². The number of hydrogen-bond donors (Lipinski definition) is 2. The fourth-order valence-corrected chi connectivity index (χ4v) is 2.87. The molecule has 0 unspecified atom stereocenters. The third kappa shape index (κ3) is 1.80. The van der Waals surface area contributed by atoms with Gasteiger partial charge in [-0.2, -0.15) is 0 Å². The standard InChI is InChI=1S/C14H11NO2S/c1-8-2-4-10-13(6-8)18-14(15-10)9-3-5-11(16)12(17)7-9/h2-7,16-17H,1H3. The summed E-state index contributed by atoms with van der Waals surface area (Å²) in [4.78, 5) is 4.52. The van der Waals surface area contributed by atoms with Crippen LogP contribution < -0.4 is 0 Å². The minimum Gasteiger partial charge on any atom is -0.504 e. The quantitative estimate of drug-likeness (QED) is 0.654. The summed E-state index contributed by atoms with van der Waals surface area (Å²) in [5.41, 5.74) is 2.96. The summed E-state index contributed by atoms with van der Waals surface area (Å²) >= 11 is 1.58. The summed E-state index contributed by atoms with van der Waals surface area (Å²) in [6.07, 6.45) is 0. The number of nitrogens with zero attached hydrogens (tertiary/aromatic N) is 1. The van der Waals surface area contributed by atoms with Crippen molar-refractivity contribution in [2.24, 2.45) is 0 Å². The third-order valence-corrected chi connectivity index (χ3v) is 3.83. The number of fused-ring (bicyclic) bond motifs is 1. The second-order valence-corrected chi connectivity index (χ2v) is 5.22. The van der Waals surface area contributed by atoms with Gasteiger partial charge in [-0.1, -0.05) is 6.07 Å². The average Bonchev–Trinajstić information content (AvgIpc) is 2.75. The molecule has 0 saturated carbocycles. The Morgan fingerprint density at radius 2 is 1.83 bits per heavy atom. The molecule has 18 heavy (non-hydrogen) atoms. The number of rotatable bonds is 1. The smallest absolute Gasteiger partial charge is 0.158 e. The molecule has 0 aliphatic carbocycles. The first-order valence-corrected chi connectivity index (χ1v) is 6.35. The number of hydrogen-bond acceptors (Lipinski definition) is 4.